The number of nitrogens with zero attached hydrogens (tertiary/aromatic N) is 9. The highest BCUT2D eigenvalue weighted by Crippen LogP contribution is 2.43. The maximum Gasteiger partial charge on any atom is 0.336 e. The zero-order valence-corrected chi connectivity index (χ0v) is 61.6. The fourth-order valence-corrected chi connectivity index (χ4v) is 14.6. The fourth-order valence-electron chi connectivity index (χ4n) is 14.6. The quantitative estimate of drug-likeness (QED) is 0.0215. The standard InChI is InChI=1S/C74H96N10O26/c1-3-76-24-8-12-45-34-50-57(37-55(45)76)110-58-38-56-46(13-9-25-77(56)4-2)35-51(58)69(50)49-36-47(15-16-48(49)71(102)103)70(101)75-23-7-5-6-14-59(85)78-26-10-27-80(61(87)21-18-53(73(106)107)83(41-65(93)94)42-66(95)96)32-33-81(62(88)22-19-54(74(108)109)84(43-67(97)98)44-68(99)100)29-11-28-79(31-30-78)60(86)20-17-52(72(104)105)82(39-63(89)90)40-64(91)92/h15-16,34-38,52-54H,3-14,17-33,39-44H2,1-2H3,(H10-,75,89,90,91,92,93,94,95,96,97,98,99,100,101,102,103,104,105,106,107,108,109)/p+1/t52-,53-,54-/m0/s1. The highest BCUT2D eigenvalue weighted by atomic mass is 16.5. The third kappa shape index (κ3) is 24.2. The van der Waals surface area contributed by atoms with E-state index in [9.17, 15) is 123 Å². The lowest BCUT2D eigenvalue weighted by Gasteiger charge is -2.33. The number of nitrogens with one attached hydrogen (secondary N) is 1. The minimum atomic E-state index is -1.83. The molecule has 3 aromatic carbocycles. The number of rotatable bonds is 38. The summed E-state index contributed by atoms with van der Waals surface area (Å²) < 4.78 is 9.05. The topological polar surface area (TPSA) is 509 Å². The smallest absolute Gasteiger partial charge is 0.336 e. The average Bonchev–Trinajstić information content (AvgIpc) is 0.729. The van der Waals surface area contributed by atoms with Crippen LogP contribution < -0.4 is 30.1 Å². The highest BCUT2D eigenvalue weighted by Gasteiger charge is 2.36. The van der Waals surface area contributed by atoms with Gasteiger partial charge in [0.05, 0.1) is 50.9 Å². The lowest BCUT2D eigenvalue weighted by molar-refractivity contribution is -0.152. The Hall–Kier alpha value is -11.1. The number of carboxylic acid groups (broad SMARTS) is 10. The molecule has 1 fully saturated rings. The van der Waals surface area contributed by atoms with E-state index in [-0.39, 0.29) is 95.7 Å². The predicted molar refractivity (Wildman–Crippen MR) is 387 cm³/mol. The lowest BCUT2D eigenvalue weighted by Crippen LogP contribution is -2.49. The highest BCUT2D eigenvalue weighted by molar-refractivity contribution is 6.02. The van der Waals surface area contributed by atoms with Crippen molar-refractivity contribution in [3.8, 4) is 11.5 Å². The zero-order valence-electron chi connectivity index (χ0n) is 61.6. The van der Waals surface area contributed by atoms with E-state index in [2.05, 4.69) is 40.8 Å². The molecule has 36 heteroatoms. The van der Waals surface area contributed by atoms with Crippen LogP contribution in [0.15, 0.2) is 42.5 Å². The summed E-state index contributed by atoms with van der Waals surface area (Å²) in [7, 11) is 0. The molecule has 0 aromatic heterocycles. The Morgan fingerprint density at radius 2 is 0.909 bits per heavy atom. The maximum atomic E-state index is 14.5. The summed E-state index contributed by atoms with van der Waals surface area (Å²) in [5.41, 5.74) is 4.99. The first-order valence-corrected chi connectivity index (χ1v) is 36.7. The van der Waals surface area contributed by atoms with E-state index in [1.165, 1.54) is 31.7 Å². The van der Waals surface area contributed by atoms with E-state index < -0.39 is 185 Å². The van der Waals surface area contributed by atoms with Gasteiger partial charge in [-0.2, -0.15) is 0 Å². The van der Waals surface area contributed by atoms with Crippen molar-refractivity contribution < 1.29 is 128 Å². The molecule has 4 aliphatic heterocycles. The predicted octanol–water partition coefficient (Wildman–Crippen LogP) is 0.480. The average molecular weight is 1540 g/mol. The molecule has 598 valence electrons. The molecule has 110 heavy (non-hydrogen) atoms. The van der Waals surface area contributed by atoms with Gasteiger partial charge in [-0.1, -0.05) is 6.42 Å². The number of aliphatic carboxylic acids is 9. The number of amides is 5. The summed E-state index contributed by atoms with van der Waals surface area (Å²) in [6.07, 6.45) is 0.332. The molecule has 0 aliphatic carbocycles. The number of anilines is 1. The second-order valence-corrected chi connectivity index (χ2v) is 27.4. The van der Waals surface area contributed by atoms with Crippen LogP contribution in [0.1, 0.15) is 147 Å². The Labute approximate surface area is 631 Å². The van der Waals surface area contributed by atoms with Crippen molar-refractivity contribution in [1.29, 1.82) is 0 Å². The van der Waals surface area contributed by atoms with Crippen molar-refractivity contribution in [1.82, 2.24) is 44.2 Å². The number of hydrogen-bond donors (Lipinski definition) is 11. The number of carbonyl (C=O) groups excluding carboxylic acids is 5. The van der Waals surface area contributed by atoms with Crippen LogP contribution in [-0.2, 0) is 75.2 Å². The maximum absolute atomic E-state index is 14.5. The Bertz CT molecular complexity index is 4080. The number of carbonyl (C=O) groups is 15. The van der Waals surface area contributed by atoms with Crippen LogP contribution in [0, 0.1) is 0 Å². The van der Waals surface area contributed by atoms with Gasteiger partial charge in [0, 0.05) is 143 Å². The molecule has 1 saturated heterocycles. The molecule has 0 saturated carbocycles. The Balaban J connectivity index is 1.13. The second kappa shape index (κ2) is 40.9. The largest absolute Gasteiger partial charge is 0.480 e. The molecular weight excluding hydrogens is 1440 g/mol. The fraction of sp³-hybridized carbons (Fsp3) is 0.541. The summed E-state index contributed by atoms with van der Waals surface area (Å²) >= 11 is 0. The molecule has 3 atom stereocenters. The van der Waals surface area contributed by atoms with Gasteiger partial charge in [-0.15, -0.1) is 0 Å². The molecule has 5 amide bonds. The molecule has 4 heterocycles. The van der Waals surface area contributed by atoms with E-state index in [1.54, 1.807) is 6.07 Å². The van der Waals surface area contributed by atoms with E-state index >= 15 is 0 Å². The van der Waals surface area contributed by atoms with E-state index in [1.807, 2.05) is 12.1 Å². The second-order valence-electron chi connectivity index (χ2n) is 27.4. The van der Waals surface area contributed by atoms with Crippen molar-refractivity contribution in [3.05, 3.63) is 86.4 Å². The van der Waals surface area contributed by atoms with E-state index in [4.69, 9.17) is 4.74 Å². The van der Waals surface area contributed by atoms with Gasteiger partial charge >= 0.3 is 59.7 Å². The molecular formula is C74H97N10O26+. The summed E-state index contributed by atoms with van der Waals surface area (Å²) in [5.74, 6) is -17.8. The van der Waals surface area contributed by atoms with Gasteiger partial charge in [0.1, 0.15) is 42.7 Å². The van der Waals surface area contributed by atoms with Gasteiger partial charge in [0.15, 0.2) is 0 Å². The minimum absolute atomic E-state index is 0.0279. The summed E-state index contributed by atoms with van der Waals surface area (Å²) in [5, 5.41) is 103. The van der Waals surface area contributed by atoms with Crippen LogP contribution in [0.4, 0.5) is 5.69 Å². The molecule has 36 nitrogen and oxygen atoms in total. The third-order valence-corrected chi connectivity index (χ3v) is 20.0. The van der Waals surface area contributed by atoms with Gasteiger partial charge in [0.2, 0.25) is 29.0 Å². The van der Waals surface area contributed by atoms with Crippen LogP contribution in [-0.4, -0.2) is 317 Å². The normalized spacial score (nSPS) is 15.6. The number of hydrogen-bond acceptors (Lipinski definition) is 20. The Morgan fingerprint density at radius 1 is 0.464 bits per heavy atom. The number of aryl methyl sites for hydroxylation is 2. The van der Waals surface area contributed by atoms with Crippen molar-refractivity contribution in [2.24, 2.45) is 0 Å². The summed E-state index contributed by atoms with van der Waals surface area (Å²) in [4.78, 5) is 202. The van der Waals surface area contributed by atoms with Gasteiger partial charge in [-0.25, -0.2) is 9.37 Å². The van der Waals surface area contributed by atoms with Gasteiger partial charge in [-0.3, -0.25) is 81.8 Å². The van der Waals surface area contributed by atoms with E-state index in [0.29, 0.717) is 61.0 Å². The monoisotopic (exact) mass is 1540 g/mol. The summed E-state index contributed by atoms with van der Waals surface area (Å²) in [6, 6.07) is 7.19. The van der Waals surface area contributed by atoms with Crippen molar-refractivity contribution in [3.63, 3.8) is 0 Å². The number of ether oxygens (including phenoxy) is 1. The molecule has 0 spiro atoms. The van der Waals surface area contributed by atoms with Crippen LogP contribution >= 0.6 is 0 Å². The molecule has 3 aromatic rings. The van der Waals surface area contributed by atoms with Crippen LogP contribution in [0.5, 0.6) is 11.5 Å². The van der Waals surface area contributed by atoms with Crippen molar-refractivity contribution in [2.75, 3.05) is 129 Å². The number of fused-ring (bicyclic) bond motifs is 4. The van der Waals surface area contributed by atoms with Crippen LogP contribution in [0.3, 0.4) is 0 Å². The molecule has 0 radical (unpaired) electrons. The number of carboxylic acids is 10. The van der Waals surface area contributed by atoms with E-state index in [0.717, 1.165) is 74.0 Å². The first kappa shape index (κ1) is 86.1. The molecule has 4 aliphatic rings. The third-order valence-electron chi connectivity index (χ3n) is 20.0. The first-order chi connectivity index (χ1) is 52.3. The van der Waals surface area contributed by atoms with Crippen molar-refractivity contribution >= 4 is 100 Å². The Morgan fingerprint density at radius 3 is 1.33 bits per heavy atom. The minimum Gasteiger partial charge on any atom is -0.480 e. The number of unbranched alkanes of at least 4 members (excludes halogenated alkanes) is 2. The number of aromatic carboxylic acids is 1. The van der Waals surface area contributed by atoms with Gasteiger partial charge < -0.3 is 85.6 Å². The van der Waals surface area contributed by atoms with Gasteiger partial charge in [-0.05, 0) is 120 Å². The van der Waals surface area contributed by atoms with Crippen LogP contribution in [0.2, 0.25) is 0 Å². The summed E-state index contributed by atoms with van der Waals surface area (Å²) in [6.45, 7) is -0.822. The van der Waals surface area contributed by atoms with Gasteiger partial charge in [0.25, 0.3) is 5.91 Å². The SMILES string of the molecule is CCN1CCCc2cc3c(cc21)Oc1cc2c(cc1=C3c1cc(C(=O)NCCCCCC(=O)N3CCCN(C(=O)CC[C@@H](C(=O)O)N(CC(=O)O)CC(=O)O)CCN(C(=O)CC[C@@H](C(=O)O)N(CC(=O)O)CC(=O)O)CCCN(C(=O)CC[C@@H](C(=O)O)N(CC(=O)O)CC(=O)O)CC3)ccc1C(=O)O)CCC[N+]=2CC. The molecule has 0 unspecified atom stereocenters. The van der Waals surface area contributed by atoms with Crippen molar-refractivity contribution in [2.45, 2.75) is 135 Å². The molecule has 0 bridgehead atoms. The molecule has 7 rings (SSSR count). The molecule has 11 N–H and O–H groups in total. The number of benzene rings is 3. The lowest BCUT2D eigenvalue weighted by atomic mass is 9.85. The first-order valence-electron chi connectivity index (χ1n) is 36.7. The Kier molecular flexibility index (Phi) is 32.0. The zero-order chi connectivity index (χ0) is 80.6. The van der Waals surface area contributed by atoms with Crippen LogP contribution in [0.25, 0.3) is 5.57 Å².